The summed E-state index contributed by atoms with van der Waals surface area (Å²) in [5.74, 6) is 0.224. The zero-order valence-corrected chi connectivity index (χ0v) is 14.2. The molecule has 0 atom stereocenters. The molecule has 0 aromatic heterocycles. The first-order chi connectivity index (χ1) is 9.76. The van der Waals surface area contributed by atoms with Crippen molar-refractivity contribution in [2.24, 2.45) is 0 Å². The molecule has 0 spiro atoms. The Labute approximate surface area is 130 Å². The average molecular weight is 332 g/mol. The van der Waals surface area contributed by atoms with Gasteiger partial charge in [0, 0.05) is 30.1 Å². The van der Waals surface area contributed by atoms with E-state index in [1.54, 1.807) is 18.8 Å². The third kappa shape index (κ3) is 3.77. The van der Waals surface area contributed by atoms with Crippen LogP contribution in [-0.4, -0.2) is 43.4 Å². The van der Waals surface area contributed by atoms with E-state index in [1.807, 2.05) is 13.8 Å². The predicted molar refractivity (Wildman–Crippen MR) is 84.5 cm³/mol. The van der Waals surface area contributed by atoms with E-state index < -0.39 is 15.8 Å². The monoisotopic (exact) mass is 332 g/mol. The van der Waals surface area contributed by atoms with Crippen LogP contribution in [-0.2, 0) is 16.6 Å². The van der Waals surface area contributed by atoms with Gasteiger partial charge in [0.05, 0.1) is 4.90 Å². The maximum Gasteiger partial charge on any atom is 0.243 e. The molecular weight excluding hydrogens is 311 g/mol. The first kappa shape index (κ1) is 16.7. The van der Waals surface area contributed by atoms with Crippen LogP contribution in [0.3, 0.4) is 0 Å². The second-order valence-corrected chi connectivity index (χ2v) is 9.44. The van der Waals surface area contributed by atoms with Crippen LogP contribution in [0.4, 0.5) is 4.39 Å². The van der Waals surface area contributed by atoms with Crippen molar-refractivity contribution >= 4 is 21.8 Å². The molecule has 1 N–H and O–H groups in total. The summed E-state index contributed by atoms with van der Waals surface area (Å²) in [7, 11) is -1.93. The number of nitrogens with one attached hydrogen (secondary N) is 1. The van der Waals surface area contributed by atoms with E-state index in [4.69, 9.17) is 0 Å². The third-order valence-corrected chi connectivity index (χ3v) is 6.63. The zero-order valence-electron chi connectivity index (χ0n) is 12.5. The molecule has 0 amide bonds. The number of benzene rings is 1. The van der Waals surface area contributed by atoms with E-state index in [1.165, 1.54) is 16.4 Å². The molecule has 21 heavy (non-hydrogen) atoms. The summed E-state index contributed by atoms with van der Waals surface area (Å²) in [5, 5.41) is 2.93. The Hall–Kier alpha value is -0.630. The van der Waals surface area contributed by atoms with Crippen molar-refractivity contribution in [2.45, 2.75) is 30.0 Å². The van der Waals surface area contributed by atoms with Gasteiger partial charge in [-0.15, -0.1) is 0 Å². The van der Waals surface area contributed by atoms with Gasteiger partial charge in [0.2, 0.25) is 10.0 Å². The SMILES string of the molecule is CNCc1ccc(F)cc1S(=O)(=O)N1CCSC(C)(C)C1. The topological polar surface area (TPSA) is 49.4 Å². The molecule has 118 valence electrons. The molecule has 4 nitrogen and oxygen atoms in total. The molecule has 1 fully saturated rings. The summed E-state index contributed by atoms with van der Waals surface area (Å²) < 4.78 is 40.6. The number of thioether (sulfide) groups is 1. The van der Waals surface area contributed by atoms with Crippen molar-refractivity contribution in [3.05, 3.63) is 29.6 Å². The Balaban J connectivity index is 2.41. The van der Waals surface area contributed by atoms with Crippen LogP contribution >= 0.6 is 11.8 Å². The molecule has 1 aromatic carbocycles. The lowest BCUT2D eigenvalue weighted by Crippen LogP contribution is -2.46. The van der Waals surface area contributed by atoms with Gasteiger partial charge in [0.1, 0.15) is 5.82 Å². The summed E-state index contributed by atoms with van der Waals surface area (Å²) in [6.45, 7) is 5.35. The molecule has 1 heterocycles. The van der Waals surface area contributed by atoms with Crippen molar-refractivity contribution in [3.8, 4) is 0 Å². The predicted octanol–water partition coefficient (Wildman–Crippen LogP) is 2.06. The lowest BCUT2D eigenvalue weighted by molar-refractivity contribution is 0.387. The second kappa shape index (κ2) is 6.24. The van der Waals surface area contributed by atoms with Crippen LogP contribution in [0.1, 0.15) is 19.4 Å². The Morgan fingerprint density at radius 2 is 2.14 bits per heavy atom. The number of hydrogen-bond acceptors (Lipinski definition) is 4. The van der Waals surface area contributed by atoms with Crippen molar-refractivity contribution in [1.29, 1.82) is 0 Å². The molecule has 1 aromatic rings. The molecule has 0 aliphatic carbocycles. The average Bonchev–Trinajstić information content (AvgIpc) is 2.40. The highest BCUT2D eigenvalue weighted by Gasteiger charge is 2.35. The Kier molecular flexibility index (Phi) is 4.97. The van der Waals surface area contributed by atoms with Crippen molar-refractivity contribution in [1.82, 2.24) is 9.62 Å². The minimum atomic E-state index is -3.67. The third-order valence-electron chi connectivity index (χ3n) is 3.40. The Morgan fingerprint density at radius 1 is 1.43 bits per heavy atom. The highest BCUT2D eigenvalue weighted by Crippen LogP contribution is 2.33. The number of sulfonamides is 1. The van der Waals surface area contributed by atoms with E-state index in [-0.39, 0.29) is 9.64 Å². The number of hydrogen-bond donors (Lipinski definition) is 1. The van der Waals surface area contributed by atoms with E-state index in [9.17, 15) is 12.8 Å². The van der Waals surface area contributed by atoms with Crippen LogP contribution in [0.25, 0.3) is 0 Å². The van der Waals surface area contributed by atoms with Gasteiger partial charge in [0.25, 0.3) is 0 Å². The number of halogens is 1. The van der Waals surface area contributed by atoms with Gasteiger partial charge >= 0.3 is 0 Å². The maximum atomic E-state index is 13.5. The largest absolute Gasteiger partial charge is 0.316 e. The van der Waals surface area contributed by atoms with Gasteiger partial charge in [-0.05, 0) is 38.6 Å². The van der Waals surface area contributed by atoms with Crippen molar-refractivity contribution in [2.75, 3.05) is 25.9 Å². The second-order valence-electron chi connectivity index (χ2n) is 5.73. The fraction of sp³-hybridized carbons (Fsp3) is 0.571. The highest BCUT2D eigenvalue weighted by atomic mass is 32.2. The minimum Gasteiger partial charge on any atom is -0.316 e. The molecule has 2 rings (SSSR count). The Morgan fingerprint density at radius 3 is 2.76 bits per heavy atom. The molecule has 0 saturated carbocycles. The standard InChI is InChI=1S/C14H21FN2O2S2/c1-14(2)10-17(6-7-20-14)21(18,19)13-8-12(15)5-4-11(13)9-16-3/h4-5,8,16H,6-7,9-10H2,1-3H3. The first-order valence-electron chi connectivity index (χ1n) is 6.83. The fourth-order valence-electron chi connectivity index (χ4n) is 2.42. The van der Waals surface area contributed by atoms with Crippen molar-refractivity contribution < 1.29 is 12.8 Å². The van der Waals surface area contributed by atoms with E-state index in [0.717, 1.165) is 11.8 Å². The van der Waals surface area contributed by atoms with Gasteiger partial charge in [-0.2, -0.15) is 16.1 Å². The van der Waals surface area contributed by atoms with Crippen LogP contribution in [0.15, 0.2) is 23.1 Å². The smallest absolute Gasteiger partial charge is 0.243 e. The van der Waals surface area contributed by atoms with Crippen LogP contribution in [0.2, 0.25) is 0 Å². The molecular formula is C14H21FN2O2S2. The Bertz CT molecular complexity index is 617. The maximum absolute atomic E-state index is 13.5. The van der Waals surface area contributed by atoms with Crippen molar-refractivity contribution in [3.63, 3.8) is 0 Å². The van der Waals surface area contributed by atoms with Crippen LogP contribution in [0, 0.1) is 5.82 Å². The molecule has 1 aliphatic rings. The summed E-state index contributed by atoms with van der Waals surface area (Å²) in [4.78, 5) is 0.0690. The normalized spacial score (nSPS) is 19.6. The summed E-state index contributed by atoms with van der Waals surface area (Å²) in [6, 6.07) is 3.95. The number of rotatable bonds is 4. The van der Waals surface area contributed by atoms with Gasteiger partial charge in [-0.25, -0.2) is 12.8 Å². The fourth-order valence-corrected chi connectivity index (χ4v) is 5.57. The lowest BCUT2D eigenvalue weighted by atomic mass is 10.2. The van der Waals surface area contributed by atoms with Gasteiger partial charge in [-0.1, -0.05) is 6.07 Å². The van der Waals surface area contributed by atoms with E-state index in [2.05, 4.69) is 5.32 Å². The van der Waals surface area contributed by atoms with Gasteiger partial charge in [0.15, 0.2) is 0 Å². The van der Waals surface area contributed by atoms with Gasteiger partial charge < -0.3 is 5.32 Å². The molecule has 1 aliphatic heterocycles. The summed E-state index contributed by atoms with van der Waals surface area (Å²) >= 11 is 1.76. The quantitative estimate of drug-likeness (QED) is 0.917. The molecule has 7 heteroatoms. The first-order valence-corrected chi connectivity index (χ1v) is 9.26. The molecule has 0 unspecified atom stereocenters. The lowest BCUT2D eigenvalue weighted by Gasteiger charge is -2.36. The molecule has 0 bridgehead atoms. The van der Waals surface area contributed by atoms with Crippen LogP contribution < -0.4 is 5.32 Å². The molecule has 0 radical (unpaired) electrons. The van der Waals surface area contributed by atoms with Crippen LogP contribution in [0.5, 0.6) is 0 Å². The van der Waals surface area contributed by atoms with E-state index >= 15 is 0 Å². The van der Waals surface area contributed by atoms with E-state index in [0.29, 0.717) is 25.2 Å². The number of nitrogens with zero attached hydrogens (tertiary/aromatic N) is 1. The highest BCUT2D eigenvalue weighted by molar-refractivity contribution is 8.00. The molecule has 1 saturated heterocycles. The summed E-state index contributed by atoms with van der Waals surface area (Å²) in [6.07, 6.45) is 0. The van der Waals surface area contributed by atoms with Gasteiger partial charge in [-0.3, -0.25) is 0 Å². The summed E-state index contributed by atoms with van der Waals surface area (Å²) in [5.41, 5.74) is 0.593. The minimum absolute atomic E-state index is 0.0690. The zero-order chi connectivity index (χ0) is 15.7.